The number of hydrogen-bond acceptors (Lipinski definition) is 3. The lowest BCUT2D eigenvalue weighted by Gasteiger charge is -2.00. The van der Waals surface area contributed by atoms with Crippen molar-refractivity contribution in [2.45, 2.75) is 6.54 Å². The van der Waals surface area contributed by atoms with Crippen molar-refractivity contribution in [3.63, 3.8) is 0 Å². The lowest BCUT2D eigenvalue weighted by molar-refractivity contribution is 0.415. The van der Waals surface area contributed by atoms with Crippen molar-refractivity contribution >= 4 is 32.7 Å². The van der Waals surface area contributed by atoms with Crippen LogP contribution < -0.4 is 10.5 Å². The highest BCUT2D eigenvalue weighted by atomic mass is 79.9. The molecule has 94 valence electrons. The number of halogens is 1. The fraction of sp³-hybridized carbons (Fsp3) is 0.250. The third kappa shape index (κ3) is 1.39. The second kappa shape index (κ2) is 4.00. The Hall–Kier alpha value is -1.53. The van der Waals surface area contributed by atoms with Crippen LogP contribution in [0.15, 0.2) is 22.8 Å². The third-order valence-corrected chi connectivity index (χ3v) is 3.99. The molecule has 2 N–H and O–H groups in total. The Labute approximate surface area is 112 Å². The average molecular weight is 309 g/mol. The number of methoxy groups -OCH3 is 1. The molecule has 0 bridgehead atoms. The van der Waals surface area contributed by atoms with Crippen molar-refractivity contribution in [3.05, 3.63) is 28.5 Å². The molecular formula is C12H13BrN4O. The van der Waals surface area contributed by atoms with Crippen LogP contribution in [0.3, 0.4) is 0 Å². The highest BCUT2D eigenvalue weighted by Gasteiger charge is 2.16. The van der Waals surface area contributed by atoms with Crippen LogP contribution in [0.2, 0.25) is 0 Å². The minimum absolute atomic E-state index is 0.464. The molecule has 0 radical (unpaired) electrons. The van der Waals surface area contributed by atoms with E-state index in [0.717, 1.165) is 32.9 Å². The number of aryl methyl sites for hydroxylation is 1. The number of nitrogens with zero attached hydrogens (tertiary/aromatic N) is 3. The summed E-state index contributed by atoms with van der Waals surface area (Å²) in [5.74, 6) is 1.68. The summed E-state index contributed by atoms with van der Waals surface area (Å²) in [6.07, 6.45) is 0. The third-order valence-electron chi connectivity index (χ3n) is 3.18. The van der Waals surface area contributed by atoms with Gasteiger partial charge in [-0.25, -0.2) is 4.98 Å². The molecule has 0 spiro atoms. The molecule has 0 aliphatic heterocycles. The van der Waals surface area contributed by atoms with Crippen LogP contribution in [0.5, 0.6) is 5.75 Å². The smallest absolute Gasteiger partial charge is 0.215 e. The van der Waals surface area contributed by atoms with Gasteiger partial charge in [0.1, 0.15) is 10.4 Å². The van der Waals surface area contributed by atoms with Gasteiger partial charge in [-0.05, 0) is 28.1 Å². The monoisotopic (exact) mass is 308 g/mol. The van der Waals surface area contributed by atoms with Crippen LogP contribution in [0.4, 0.5) is 0 Å². The van der Waals surface area contributed by atoms with Crippen molar-refractivity contribution in [1.82, 2.24) is 14.0 Å². The fourth-order valence-corrected chi connectivity index (χ4v) is 2.97. The van der Waals surface area contributed by atoms with Gasteiger partial charge in [0.25, 0.3) is 0 Å². The normalized spacial score (nSPS) is 11.6. The van der Waals surface area contributed by atoms with Gasteiger partial charge in [0.2, 0.25) is 5.78 Å². The Kier molecular flexibility index (Phi) is 2.57. The first-order chi connectivity index (χ1) is 8.67. The summed E-state index contributed by atoms with van der Waals surface area (Å²) in [4.78, 5) is 4.60. The molecule has 18 heavy (non-hydrogen) atoms. The van der Waals surface area contributed by atoms with Gasteiger partial charge in [0.15, 0.2) is 0 Å². The first-order valence-electron chi connectivity index (χ1n) is 5.56. The van der Waals surface area contributed by atoms with Gasteiger partial charge in [-0.3, -0.25) is 4.40 Å². The van der Waals surface area contributed by atoms with E-state index >= 15 is 0 Å². The number of aromatic nitrogens is 3. The van der Waals surface area contributed by atoms with Gasteiger partial charge in [0, 0.05) is 19.7 Å². The molecule has 5 nitrogen and oxygen atoms in total. The highest BCUT2D eigenvalue weighted by Crippen LogP contribution is 2.28. The number of ether oxygens (including phenoxy) is 1. The summed E-state index contributed by atoms with van der Waals surface area (Å²) in [7, 11) is 3.62. The topological polar surface area (TPSA) is 57.5 Å². The summed E-state index contributed by atoms with van der Waals surface area (Å²) in [5.41, 5.74) is 8.72. The minimum atomic E-state index is 0.464. The molecule has 0 aliphatic rings. The maximum atomic E-state index is 5.76. The molecule has 2 aromatic heterocycles. The van der Waals surface area contributed by atoms with Gasteiger partial charge < -0.3 is 15.0 Å². The number of imidazole rings is 2. The Bertz CT molecular complexity index is 744. The highest BCUT2D eigenvalue weighted by molar-refractivity contribution is 9.10. The molecule has 0 atom stereocenters. The molecular weight excluding hydrogens is 296 g/mol. The number of benzene rings is 1. The zero-order chi connectivity index (χ0) is 12.9. The number of fused-ring (bicyclic) bond motifs is 3. The van der Waals surface area contributed by atoms with Crippen molar-refractivity contribution in [1.29, 1.82) is 0 Å². The number of hydrogen-bond donors (Lipinski definition) is 1. The summed E-state index contributed by atoms with van der Waals surface area (Å²) >= 11 is 3.59. The van der Waals surface area contributed by atoms with Crippen molar-refractivity contribution in [3.8, 4) is 5.75 Å². The average Bonchev–Trinajstić information content (AvgIpc) is 2.86. The van der Waals surface area contributed by atoms with E-state index < -0.39 is 0 Å². The first kappa shape index (κ1) is 11.6. The van der Waals surface area contributed by atoms with Crippen LogP contribution in [-0.2, 0) is 13.6 Å². The number of nitrogens with two attached hydrogens (primary N) is 1. The molecule has 0 saturated carbocycles. The van der Waals surface area contributed by atoms with E-state index in [2.05, 4.69) is 20.9 Å². The summed E-state index contributed by atoms with van der Waals surface area (Å²) in [6, 6.07) is 5.84. The van der Waals surface area contributed by atoms with Crippen LogP contribution in [0.25, 0.3) is 16.8 Å². The van der Waals surface area contributed by atoms with Gasteiger partial charge in [0.05, 0.1) is 23.8 Å². The summed E-state index contributed by atoms with van der Waals surface area (Å²) in [6.45, 7) is 0.464. The zero-order valence-corrected chi connectivity index (χ0v) is 11.7. The van der Waals surface area contributed by atoms with Crippen LogP contribution >= 0.6 is 15.9 Å². The largest absolute Gasteiger partial charge is 0.497 e. The Morgan fingerprint density at radius 3 is 2.89 bits per heavy atom. The molecule has 1 aromatic carbocycles. The quantitative estimate of drug-likeness (QED) is 0.788. The molecule has 0 saturated heterocycles. The second-order valence-electron chi connectivity index (χ2n) is 4.10. The zero-order valence-electron chi connectivity index (χ0n) is 10.1. The minimum Gasteiger partial charge on any atom is -0.497 e. The van der Waals surface area contributed by atoms with Gasteiger partial charge in [-0.1, -0.05) is 0 Å². The molecule has 0 aliphatic carbocycles. The molecule has 6 heteroatoms. The van der Waals surface area contributed by atoms with E-state index in [1.807, 2.05) is 34.2 Å². The van der Waals surface area contributed by atoms with Gasteiger partial charge in [-0.15, -0.1) is 0 Å². The van der Waals surface area contributed by atoms with Crippen LogP contribution in [0, 0.1) is 0 Å². The Morgan fingerprint density at radius 2 is 2.22 bits per heavy atom. The first-order valence-corrected chi connectivity index (χ1v) is 6.36. The Morgan fingerprint density at radius 1 is 1.44 bits per heavy atom. The van der Waals surface area contributed by atoms with Crippen molar-refractivity contribution in [2.75, 3.05) is 7.11 Å². The second-order valence-corrected chi connectivity index (χ2v) is 4.85. The summed E-state index contributed by atoms with van der Waals surface area (Å²) in [5, 5.41) is 0. The van der Waals surface area contributed by atoms with E-state index in [-0.39, 0.29) is 0 Å². The maximum absolute atomic E-state index is 5.76. The predicted molar refractivity (Wildman–Crippen MR) is 73.8 cm³/mol. The van der Waals surface area contributed by atoms with Crippen LogP contribution in [-0.4, -0.2) is 21.1 Å². The molecule has 0 amide bonds. The van der Waals surface area contributed by atoms with E-state index in [9.17, 15) is 0 Å². The van der Waals surface area contributed by atoms with Crippen molar-refractivity contribution < 1.29 is 4.74 Å². The van der Waals surface area contributed by atoms with E-state index in [1.165, 1.54) is 0 Å². The molecule has 3 rings (SSSR count). The lowest BCUT2D eigenvalue weighted by atomic mass is 10.3. The van der Waals surface area contributed by atoms with Gasteiger partial charge in [-0.2, -0.15) is 0 Å². The van der Waals surface area contributed by atoms with Crippen LogP contribution in [0.1, 0.15) is 5.69 Å². The van der Waals surface area contributed by atoms with E-state index in [4.69, 9.17) is 10.5 Å². The molecule has 0 fully saturated rings. The SMILES string of the molecule is COc1ccc2nc3n(C)c(CN)c(Br)n3c2c1. The number of rotatable bonds is 2. The van der Waals surface area contributed by atoms with Gasteiger partial charge >= 0.3 is 0 Å². The van der Waals surface area contributed by atoms with Crippen molar-refractivity contribution in [2.24, 2.45) is 12.8 Å². The molecule has 2 heterocycles. The fourth-order valence-electron chi connectivity index (χ4n) is 2.20. The lowest BCUT2D eigenvalue weighted by Crippen LogP contribution is -2.03. The summed E-state index contributed by atoms with van der Waals surface area (Å²) < 4.78 is 10.2. The standard InChI is InChI=1S/C12H13BrN4O/c1-16-10(6-14)11(13)17-9-5-7(18-2)3-4-8(9)15-12(16)17/h3-5H,6,14H2,1-2H3. The molecule has 3 aromatic rings. The predicted octanol–water partition coefficient (Wildman–Crippen LogP) is 2.06. The van der Waals surface area contributed by atoms with E-state index in [1.54, 1.807) is 7.11 Å². The Balaban J connectivity index is 2.46. The van der Waals surface area contributed by atoms with E-state index in [0.29, 0.717) is 6.54 Å². The maximum Gasteiger partial charge on any atom is 0.215 e. The molecule has 0 unspecified atom stereocenters.